The number of nitriles is 1. The summed E-state index contributed by atoms with van der Waals surface area (Å²) in [4.78, 5) is 13.6. The highest BCUT2D eigenvalue weighted by Gasteiger charge is 2.22. The van der Waals surface area contributed by atoms with Gasteiger partial charge in [0.25, 0.3) is 0 Å². The summed E-state index contributed by atoms with van der Waals surface area (Å²) in [6.45, 7) is 5.78. The molecule has 5 heteroatoms. The lowest BCUT2D eigenvalue weighted by atomic mass is 9.96. The Balaban J connectivity index is 1.71. The summed E-state index contributed by atoms with van der Waals surface area (Å²) in [6, 6.07) is 10.5. The van der Waals surface area contributed by atoms with Gasteiger partial charge in [0.2, 0.25) is 5.91 Å². The van der Waals surface area contributed by atoms with Crippen LogP contribution in [0.1, 0.15) is 46.4 Å². The molecule has 1 aliphatic rings. The molecule has 2 N–H and O–H groups in total. The Labute approximate surface area is 146 Å². The number of hydrogen-bond donors (Lipinski definition) is 2. The van der Waals surface area contributed by atoms with Crippen LogP contribution in [0, 0.1) is 18.3 Å². The molecule has 124 valence electrons. The highest BCUT2D eigenvalue weighted by Crippen LogP contribution is 2.35. The average Bonchev–Trinajstić information content (AvgIpc) is 2.91. The maximum Gasteiger partial charge on any atom is 0.225 e. The van der Waals surface area contributed by atoms with E-state index in [-0.39, 0.29) is 11.8 Å². The van der Waals surface area contributed by atoms with Gasteiger partial charge in [-0.25, -0.2) is 0 Å². The van der Waals surface area contributed by atoms with Crippen LogP contribution >= 0.6 is 11.3 Å². The molecular weight excluding hydrogens is 318 g/mol. The zero-order valence-corrected chi connectivity index (χ0v) is 14.8. The minimum atomic E-state index is -0.0351. The van der Waals surface area contributed by atoms with Crippen LogP contribution in [-0.4, -0.2) is 12.5 Å². The molecule has 0 fully saturated rings. The van der Waals surface area contributed by atoms with Crippen molar-refractivity contribution in [1.29, 1.82) is 5.26 Å². The summed E-state index contributed by atoms with van der Waals surface area (Å²) in [5.41, 5.74) is 4.11. The number of carbonyl (C=O) groups excluding carboxylic acids is 1. The number of benzene rings is 1. The van der Waals surface area contributed by atoms with Gasteiger partial charge < -0.3 is 10.6 Å². The van der Waals surface area contributed by atoms with Gasteiger partial charge >= 0.3 is 0 Å². The Morgan fingerprint density at radius 1 is 1.50 bits per heavy atom. The van der Waals surface area contributed by atoms with E-state index in [0.717, 1.165) is 25.1 Å². The van der Waals surface area contributed by atoms with E-state index in [1.165, 1.54) is 27.3 Å². The molecule has 0 radical (unpaired) electrons. The van der Waals surface area contributed by atoms with Crippen molar-refractivity contribution >= 4 is 22.2 Å². The van der Waals surface area contributed by atoms with Gasteiger partial charge in [-0.1, -0.05) is 36.8 Å². The third-order valence-electron chi connectivity index (χ3n) is 4.40. The normalized spacial score (nSPS) is 14.5. The van der Waals surface area contributed by atoms with Crippen LogP contribution in [0.15, 0.2) is 24.3 Å². The SMILES string of the molecule is Cc1cccc([C@@H](C)CC(=O)Nc2sc3c(c2C#N)CCNC3)c1. The van der Waals surface area contributed by atoms with E-state index < -0.39 is 0 Å². The van der Waals surface area contributed by atoms with Crippen LogP contribution in [0.25, 0.3) is 0 Å². The Morgan fingerprint density at radius 3 is 3.08 bits per heavy atom. The Hall–Kier alpha value is -2.16. The third kappa shape index (κ3) is 3.50. The van der Waals surface area contributed by atoms with Crippen molar-refractivity contribution in [2.24, 2.45) is 0 Å². The highest BCUT2D eigenvalue weighted by atomic mass is 32.1. The predicted molar refractivity (Wildman–Crippen MR) is 97.3 cm³/mol. The Morgan fingerprint density at radius 2 is 2.33 bits per heavy atom. The molecule has 2 aromatic rings. The summed E-state index contributed by atoms with van der Waals surface area (Å²) in [5.74, 6) is 0.110. The van der Waals surface area contributed by atoms with Crippen molar-refractivity contribution in [3.8, 4) is 6.07 Å². The minimum Gasteiger partial charge on any atom is -0.317 e. The van der Waals surface area contributed by atoms with Gasteiger partial charge in [-0.3, -0.25) is 4.79 Å². The van der Waals surface area contributed by atoms with E-state index in [4.69, 9.17) is 0 Å². The number of amides is 1. The molecule has 0 unspecified atom stereocenters. The smallest absolute Gasteiger partial charge is 0.225 e. The van der Waals surface area contributed by atoms with Gasteiger partial charge in [0.15, 0.2) is 0 Å². The monoisotopic (exact) mass is 339 g/mol. The molecule has 0 saturated heterocycles. The molecule has 1 amide bonds. The van der Waals surface area contributed by atoms with E-state index in [0.29, 0.717) is 17.0 Å². The number of rotatable bonds is 4. The lowest BCUT2D eigenvalue weighted by Crippen LogP contribution is -2.22. The van der Waals surface area contributed by atoms with Crippen LogP contribution in [0.5, 0.6) is 0 Å². The van der Waals surface area contributed by atoms with Gasteiger partial charge in [-0.15, -0.1) is 11.3 Å². The van der Waals surface area contributed by atoms with Gasteiger partial charge in [0.1, 0.15) is 11.1 Å². The third-order valence-corrected chi connectivity index (χ3v) is 5.54. The first-order valence-electron chi connectivity index (χ1n) is 8.20. The van der Waals surface area contributed by atoms with E-state index in [1.54, 1.807) is 0 Å². The van der Waals surface area contributed by atoms with Gasteiger partial charge in [-0.05, 0) is 36.9 Å². The maximum absolute atomic E-state index is 12.4. The summed E-state index contributed by atoms with van der Waals surface area (Å²) in [7, 11) is 0. The molecule has 0 saturated carbocycles. The molecule has 1 atom stereocenters. The van der Waals surface area contributed by atoms with Crippen molar-refractivity contribution in [2.45, 2.75) is 39.2 Å². The van der Waals surface area contributed by atoms with Crippen molar-refractivity contribution in [3.63, 3.8) is 0 Å². The van der Waals surface area contributed by atoms with Crippen LogP contribution < -0.4 is 10.6 Å². The molecule has 4 nitrogen and oxygen atoms in total. The van der Waals surface area contributed by atoms with Crippen molar-refractivity contribution in [1.82, 2.24) is 5.32 Å². The fourth-order valence-corrected chi connectivity index (χ4v) is 4.28. The topological polar surface area (TPSA) is 64.9 Å². The zero-order valence-electron chi connectivity index (χ0n) is 14.0. The summed E-state index contributed by atoms with van der Waals surface area (Å²) >= 11 is 1.52. The number of anilines is 1. The first-order chi connectivity index (χ1) is 11.6. The zero-order chi connectivity index (χ0) is 17.1. The van der Waals surface area contributed by atoms with Gasteiger partial charge in [0, 0.05) is 17.8 Å². The summed E-state index contributed by atoms with van der Waals surface area (Å²) in [6.07, 6.45) is 1.26. The van der Waals surface area contributed by atoms with E-state index in [9.17, 15) is 10.1 Å². The average molecular weight is 339 g/mol. The lowest BCUT2D eigenvalue weighted by Gasteiger charge is -2.12. The Bertz CT molecular complexity index is 803. The number of nitrogens with one attached hydrogen (secondary N) is 2. The van der Waals surface area contributed by atoms with Crippen LogP contribution in [0.3, 0.4) is 0 Å². The number of nitrogens with zero attached hydrogens (tertiary/aromatic N) is 1. The number of aryl methyl sites for hydroxylation is 1. The molecule has 24 heavy (non-hydrogen) atoms. The molecular formula is C19H21N3OS. The van der Waals surface area contributed by atoms with E-state index in [1.807, 2.05) is 6.07 Å². The first-order valence-corrected chi connectivity index (χ1v) is 9.02. The molecule has 1 aliphatic heterocycles. The quantitative estimate of drug-likeness (QED) is 0.892. The fraction of sp³-hybridized carbons (Fsp3) is 0.368. The molecule has 0 bridgehead atoms. The van der Waals surface area contributed by atoms with E-state index in [2.05, 4.69) is 48.7 Å². The molecule has 2 heterocycles. The van der Waals surface area contributed by atoms with Crippen LogP contribution in [-0.2, 0) is 17.8 Å². The Kier molecular flexibility index (Phi) is 4.98. The second-order valence-electron chi connectivity index (χ2n) is 6.31. The second-order valence-corrected chi connectivity index (χ2v) is 7.42. The number of carbonyl (C=O) groups is 1. The second kappa shape index (κ2) is 7.16. The maximum atomic E-state index is 12.4. The molecule has 1 aromatic carbocycles. The largest absolute Gasteiger partial charge is 0.317 e. The molecule has 1 aromatic heterocycles. The minimum absolute atomic E-state index is 0.0351. The summed E-state index contributed by atoms with van der Waals surface area (Å²) < 4.78 is 0. The van der Waals surface area contributed by atoms with Crippen molar-refractivity contribution in [2.75, 3.05) is 11.9 Å². The molecule has 0 aliphatic carbocycles. The first kappa shape index (κ1) is 16.7. The lowest BCUT2D eigenvalue weighted by molar-refractivity contribution is -0.116. The number of hydrogen-bond acceptors (Lipinski definition) is 4. The number of thiophene rings is 1. The van der Waals surface area contributed by atoms with Crippen LogP contribution in [0.2, 0.25) is 0 Å². The van der Waals surface area contributed by atoms with Gasteiger partial charge in [0.05, 0.1) is 5.56 Å². The number of fused-ring (bicyclic) bond motifs is 1. The van der Waals surface area contributed by atoms with Crippen molar-refractivity contribution < 1.29 is 4.79 Å². The van der Waals surface area contributed by atoms with Gasteiger partial charge in [-0.2, -0.15) is 5.26 Å². The standard InChI is InChI=1S/C19H21N3OS/c1-12-4-3-5-14(8-12)13(2)9-18(23)22-19-16(10-20)15-6-7-21-11-17(15)24-19/h3-5,8,13,21H,6-7,9,11H2,1-2H3,(H,22,23)/t13-/m0/s1. The highest BCUT2D eigenvalue weighted by molar-refractivity contribution is 7.16. The molecule has 0 spiro atoms. The predicted octanol–water partition coefficient (Wildman–Crippen LogP) is 3.71. The van der Waals surface area contributed by atoms with Crippen molar-refractivity contribution in [3.05, 3.63) is 51.4 Å². The summed E-state index contributed by atoms with van der Waals surface area (Å²) in [5, 5.41) is 16.4. The van der Waals surface area contributed by atoms with Crippen LogP contribution in [0.4, 0.5) is 5.00 Å². The fourth-order valence-electron chi connectivity index (χ4n) is 3.09. The molecule has 3 rings (SSSR count). The van der Waals surface area contributed by atoms with E-state index >= 15 is 0 Å².